The normalized spacial score (nSPS) is 10.5. The van der Waals surface area contributed by atoms with E-state index >= 15 is 0 Å². The van der Waals surface area contributed by atoms with Gasteiger partial charge in [0.15, 0.2) is 23.3 Å². The molecule has 0 saturated carbocycles. The van der Waals surface area contributed by atoms with Crippen molar-refractivity contribution in [2.24, 2.45) is 0 Å². The first kappa shape index (κ1) is 14.7. The van der Waals surface area contributed by atoms with E-state index in [9.17, 15) is 26.7 Å². The van der Waals surface area contributed by atoms with Gasteiger partial charge in [-0.2, -0.15) is 0 Å². The fourth-order valence-corrected chi connectivity index (χ4v) is 1.51. The Kier molecular flexibility index (Phi) is 3.74. The van der Waals surface area contributed by atoms with Crippen LogP contribution in [0.1, 0.15) is 10.4 Å². The van der Waals surface area contributed by atoms with Gasteiger partial charge in [-0.25, -0.2) is 31.7 Å². The highest BCUT2D eigenvalue weighted by atomic mass is 19.2. The van der Waals surface area contributed by atoms with Crippen LogP contribution in [0.3, 0.4) is 0 Å². The van der Waals surface area contributed by atoms with E-state index in [2.05, 4.69) is 4.98 Å². The molecule has 0 bridgehead atoms. The van der Waals surface area contributed by atoms with Gasteiger partial charge in [-0.1, -0.05) is 0 Å². The first-order chi connectivity index (χ1) is 9.84. The Morgan fingerprint density at radius 2 is 1.52 bits per heavy atom. The number of carboxylic acid groups (broad SMARTS) is 1. The van der Waals surface area contributed by atoms with Gasteiger partial charge in [0, 0.05) is 6.20 Å². The van der Waals surface area contributed by atoms with Gasteiger partial charge >= 0.3 is 5.97 Å². The van der Waals surface area contributed by atoms with E-state index in [1.54, 1.807) is 0 Å². The lowest BCUT2D eigenvalue weighted by molar-refractivity contribution is 0.0697. The Morgan fingerprint density at radius 1 is 1.00 bits per heavy atom. The molecule has 0 unspecified atom stereocenters. The molecule has 2 rings (SSSR count). The second kappa shape index (κ2) is 5.35. The first-order valence-corrected chi connectivity index (χ1v) is 5.31. The van der Waals surface area contributed by atoms with Crippen LogP contribution in [0.5, 0.6) is 0 Å². The Labute approximate surface area is 113 Å². The Hall–Kier alpha value is -2.71. The quantitative estimate of drug-likeness (QED) is 0.519. The van der Waals surface area contributed by atoms with E-state index in [1.807, 2.05) is 5.32 Å². The lowest BCUT2D eigenvalue weighted by atomic mass is 10.2. The van der Waals surface area contributed by atoms with Gasteiger partial charge in [0.25, 0.3) is 0 Å². The van der Waals surface area contributed by atoms with Crippen molar-refractivity contribution in [3.63, 3.8) is 0 Å². The molecule has 4 nitrogen and oxygen atoms in total. The number of aromatic carboxylic acids is 1. The minimum absolute atomic E-state index is 0.499. The number of benzene rings is 1. The van der Waals surface area contributed by atoms with Crippen LogP contribution in [0.2, 0.25) is 0 Å². The molecule has 0 aliphatic carbocycles. The topological polar surface area (TPSA) is 62.2 Å². The zero-order valence-electron chi connectivity index (χ0n) is 9.92. The summed E-state index contributed by atoms with van der Waals surface area (Å²) in [5.41, 5.74) is -1.88. The van der Waals surface area contributed by atoms with Crippen LogP contribution in [-0.4, -0.2) is 16.1 Å². The molecule has 1 heterocycles. The van der Waals surface area contributed by atoms with E-state index in [1.165, 1.54) is 6.07 Å². The van der Waals surface area contributed by atoms with Crippen LogP contribution in [0.15, 0.2) is 18.3 Å². The summed E-state index contributed by atoms with van der Waals surface area (Å²) >= 11 is 0. The maximum absolute atomic E-state index is 13.5. The molecule has 0 amide bonds. The smallest absolute Gasteiger partial charge is 0.339 e. The predicted molar refractivity (Wildman–Crippen MR) is 60.7 cm³/mol. The third-order valence-electron chi connectivity index (χ3n) is 2.49. The van der Waals surface area contributed by atoms with Gasteiger partial charge in [0.05, 0.1) is 0 Å². The third-order valence-corrected chi connectivity index (χ3v) is 2.49. The lowest BCUT2D eigenvalue weighted by Gasteiger charge is -2.11. The highest BCUT2D eigenvalue weighted by Crippen LogP contribution is 2.29. The van der Waals surface area contributed by atoms with Crippen molar-refractivity contribution >= 4 is 17.5 Å². The van der Waals surface area contributed by atoms with Crippen LogP contribution in [0, 0.1) is 29.1 Å². The SMILES string of the molecule is O=C(O)c1cccnc1Nc1c(F)c(F)c(F)c(F)c1F. The van der Waals surface area contributed by atoms with Crippen LogP contribution < -0.4 is 5.32 Å². The predicted octanol–water partition coefficient (Wildman–Crippen LogP) is 3.22. The second-order valence-corrected chi connectivity index (χ2v) is 3.77. The molecule has 2 aromatic rings. The molecule has 0 spiro atoms. The number of carbonyl (C=O) groups is 1. The number of rotatable bonds is 3. The van der Waals surface area contributed by atoms with Crippen molar-refractivity contribution in [3.05, 3.63) is 53.0 Å². The van der Waals surface area contributed by atoms with E-state index in [0.29, 0.717) is 0 Å². The summed E-state index contributed by atoms with van der Waals surface area (Å²) in [5.74, 6) is -12.9. The summed E-state index contributed by atoms with van der Waals surface area (Å²) in [6, 6.07) is 2.27. The maximum Gasteiger partial charge on any atom is 0.339 e. The minimum Gasteiger partial charge on any atom is -0.478 e. The number of anilines is 2. The standard InChI is InChI=1S/C12H5F5N2O2/c13-5-6(14)8(16)10(9(17)7(5)15)19-11-4(12(20)21)2-1-3-18-11/h1-3H,(H,18,19)(H,20,21). The monoisotopic (exact) mass is 304 g/mol. The fraction of sp³-hybridized carbons (Fsp3) is 0. The summed E-state index contributed by atoms with van der Waals surface area (Å²) < 4.78 is 65.9. The number of pyridine rings is 1. The highest BCUT2D eigenvalue weighted by Gasteiger charge is 2.26. The zero-order chi connectivity index (χ0) is 15.7. The first-order valence-electron chi connectivity index (χ1n) is 5.31. The highest BCUT2D eigenvalue weighted by molar-refractivity contribution is 5.93. The molecule has 0 aliphatic heterocycles. The van der Waals surface area contributed by atoms with Gasteiger partial charge in [0.1, 0.15) is 17.1 Å². The average molecular weight is 304 g/mol. The van der Waals surface area contributed by atoms with E-state index < -0.39 is 52.1 Å². The molecule has 0 saturated heterocycles. The van der Waals surface area contributed by atoms with Crippen molar-refractivity contribution in [1.82, 2.24) is 4.98 Å². The summed E-state index contributed by atoms with van der Waals surface area (Å²) in [6.45, 7) is 0. The van der Waals surface area contributed by atoms with Crippen molar-refractivity contribution in [1.29, 1.82) is 0 Å². The van der Waals surface area contributed by atoms with Crippen LogP contribution in [0.25, 0.3) is 0 Å². The van der Waals surface area contributed by atoms with Gasteiger partial charge in [-0.15, -0.1) is 0 Å². The third kappa shape index (κ3) is 2.49. The Morgan fingerprint density at radius 3 is 2.05 bits per heavy atom. The van der Waals surface area contributed by atoms with Gasteiger partial charge in [-0.3, -0.25) is 0 Å². The number of carboxylic acids is 1. The summed E-state index contributed by atoms with van der Waals surface area (Å²) in [4.78, 5) is 14.4. The summed E-state index contributed by atoms with van der Waals surface area (Å²) in [5, 5.41) is 10.7. The fourth-order valence-electron chi connectivity index (χ4n) is 1.51. The maximum atomic E-state index is 13.5. The number of halogens is 5. The minimum atomic E-state index is -2.31. The molecule has 21 heavy (non-hydrogen) atoms. The number of hydrogen-bond donors (Lipinski definition) is 2. The number of aromatic nitrogens is 1. The van der Waals surface area contributed by atoms with Crippen LogP contribution >= 0.6 is 0 Å². The summed E-state index contributed by atoms with van der Waals surface area (Å²) in [6.07, 6.45) is 1.08. The molecule has 110 valence electrons. The summed E-state index contributed by atoms with van der Waals surface area (Å²) in [7, 11) is 0. The van der Waals surface area contributed by atoms with Crippen LogP contribution in [-0.2, 0) is 0 Å². The number of hydrogen-bond acceptors (Lipinski definition) is 3. The molecule has 0 fully saturated rings. The Bertz CT molecular complexity index is 707. The van der Waals surface area contributed by atoms with E-state index in [4.69, 9.17) is 5.11 Å². The lowest BCUT2D eigenvalue weighted by Crippen LogP contribution is -2.10. The van der Waals surface area contributed by atoms with Crippen molar-refractivity contribution in [2.45, 2.75) is 0 Å². The van der Waals surface area contributed by atoms with E-state index in [-0.39, 0.29) is 0 Å². The van der Waals surface area contributed by atoms with Crippen molar-refractivity contribution in [2.75, 3.05) is 5.32 Å². The molecule has 0 atom stereocenters. The molecule has 1 aromatic heterocycles. The van der Waals surface area contributed by atoms with Gasteiger partial charge in [-0.05, 0) is 12.1 Å². The molecule has 1 aromatic carbocycles. The molecule has 0 radical (unpaired) electrons. The van der Waals surface area contributed by atoms with Gasteiger partial charge in [0.2, 0.25) is 5.82 Å². The largest absolute Gasteiger partial charge is 0.478 e. The molecular weight excluding hydrogens is 299 g/mol. The molecule has 9 heteroatoms. The average Bonchev–Trinajstić information content (AvgIpc) is 2.48. The second-order valence-electron chi connectivity index (χ2n) is 3.77. The van der Waals surface area contributed by atoms with Crippen LogP contribution in [0.4, 0.5) is 33.5 Å². The Balaban J connectivity index is 2.58. The van der Waals surface area contributed by atoms with Crippen molar-refractivity contribution in [3.8, 4) is 0 Å². The molecule has 0 aliphatic rings. The van der Waals surface area contributed by atoms with Gasteiger partial charge < -0.3 is 10.4 Å². The number of nitrogens with one attached hydrogen (secondary N) is 1. The molecule has 2 N–H and O–H groups in total. The number of nitrogens with zero attached hydrogens (tertiary/aromatic N) is 1. The van der Waals surface area contributed by atoms with Crippen molar-refractivity contribution < 1.29 is 31.9 Å². The molecular formula is C12H5F5N2O2. The van der Waals surface area contributed by atoms with E-state index in [0.717, 1.165) is 12.3 Å². The zero-order valence-corrected chi connectivity index (χ0v) is 9.92.